The first kappa shape index (κ1) is 22.0. The SMILES string of the molecule is CC1C=C([C@@H](C)Nc2ccccc2C(=O)O)c2nc(N3CCC(F)(F)CC3)cc(=O)n2C1. The fourth-order valence-corrected chi connectivity index (χ4v) is 4.28. The van der Waals surface area contributed by atoms with Gasteiger partial charge in [-0.05, 0) is 25.0 Å². The highest BCUT2D eigenvalue weighted by Crippen LogP contribution is 2.32. The molecule has 1 aromatic carbocycles. The number of fused-ring (bicyclic) bond motifs is 1. The number of anilines is 2. The van der Waals surface area contributed by atoms with Crippen molar-refractivity contribution in [3.8, 4) is 0 Å². The molecule has 2 N–H and O–H groups in total. The number of rotatable bonds is 5. The minimum atomic E-state index is -2.68. The number of piperidine rings is 1. The number of aromatic nitrogens is 2. The van der Waals surface area contributed by atoms with Gasteiger partial charge in [-0.1, -0.05) is 25.1 Å². The molecule has 3 heterocycles. The Kier molecular flexibility index (Phi) is 5.75. The summed E-state index contributed by atoms with van der Waals surface area (Å²) in [5, 5.41) is 12.7. The van der Waals surface area contributed by atoms with E-state index in [-0.39, 0.29) is 49.0 Å². The first-order chi connectivity index (χ1) is 15.1. The van der Waals surface area contributed by atoms with E-state index in [9.17, 15) is 23.5 Å². The molecule has 0 radical (unpaired) electrons. The third kappa shape index (κ3) is 4.37. The largest absolute Gasteiger partial charge is 0.478 e. The minimum absolute atomic E-state index is 0.0792. The number of benzene rings is 1. The van der Waals surface area contributed by atoms with Crippen LogP contribution in [0.1, 0.15) is 42.9 Å². The Bertz CT molecular complexity index is 1120. The fourth-order valence-electron chi connectivity index (χ4n) is 4.28. The van der Waals surface area contributed by atoms with Crippen molar-refractivity contribution in [2.75, 3.05) is 23.3 Å². The van der Waals surface area contributed by atoms with Crippen LogP contribution in [-0.4, -0.2) is 45.7 Å². The number of hydrogen-bond acceptors (Lipinski definition) is 5. The van der Waals surface area contributed by atoms with E-state index in [0.29, 0.717) is 23.9 Å². The number of carboxylic acids is 1. The van der Waals surface area contributed by atoms with Crippen LogP contribution in [0.3, 0.4) is 0 Å². The van der Waals surface area contributed by atoms with E-state index in [1.807, 2.05) is 19.9 Å². The molecule has 2 aliphatic rings. The summed E-state index contributed by atoms with van der Waals surface area (Å²) < 4.78 is 28.8. The highest BCUT2D eigenvalue weighted by atomic mass is 19.3. The number of allylic oxidation sites excluding steroid dienone is 1. The Morgan fingerprint density at radius 3 is 2.66 bits per heavy atom. The molecule has 2 aliphatic heterocycles. The molecule has 2 atom stereocenters. The normalized spacial score (nSPS) is 20.8. The van der Waals surface area contributed by atoms with Gasteiger partial charge in [0.15, 0.2) is 0 Å². The van der Waals surface area contributed by atoms with Gasteiger partial charge in [-0.3, -0.25) is 9.36 Å². The molecule has 0 spiro atoms. The van der Waals surface area contributed by atoms with E-state index in [2.05, 4.69) is 5.32 Å². The van der Waals surface area contributed by atoms with Crippen LogP contribution in [-0.2, 0) is 6.54 Å². The van der Waals surface area contributed by atoms with E-state index in [0.717, 1.165) is 5.57 Å². The van der Waals surface area contributed by atoms with Gasteiger partial charge in [-0.25, -0.2) is 18.6 Å². The summed E-state index contributed by atoms with van der Waals surface area (Å²) in [6.45, 7) is 4.62. The Hall–Kier alpha value is -3.23. The maximum Gasteiger partial charge on any atom is 0.337 e. The lowest BCUT2D eigenvalue weighted by Crippen LogP contribution is -2.41. The second kappa shape index (κ2) is 8.37. The molecule has 0 aliphatic carbocycles. The van der Waals surface area contributed by atoms with E-state index in [1.54, 1.807) is 27.7 Å². The smallest absolute Gasteiger partial charge is 0.337 e. The van der Waals surface area contributed by atoms with Gasteiger partial charge >= 0.3 is 5.97 Å². The molecule has 0 saturated carbocycles. The number of nitrogens with one attached hydrogen (secondary N) is 1. The van der Waals surface area contributed by atoms with E-state index in [4.69, 9.17) is 4.98 Å². The van der Waals surface area contributed by atoms with Crippen molar-refractivity contribution in [3.63, 3.8) is 0 Å². The van der Waals surface area contributed by atoms with Gasteiger partial charge in [0.1, 0.15) is 11.6 Å². The third-order valence-corrected chi connectivity index (χ3v) is 6.00. The maximum absolute atomic E-state index is 13.6. The van der Waals surface area contributed by atoms with Gasteiger partial charge in [0.2, 0.25) is 0 Å². The lowest BCUT2D eigenvalue weighted by atomic mass is 9.97. The zero-order chi connectivity index (χ0) is 23.0. The summed E-state index contributed by atoms with van der Waals surface area (Å²) in [5.41, 5.74) is 1.16. The van der Waals surface area contributed by atoms with Crippen molar-refractivity contribution >= 4 is 23.0 Å². The molecule has 2 aromatic rings. The first-order valence-electron chi connectivity index (χ1n) is 10.7. The molecule has 1 aromatic heterocycles. The molecular formula is C23H26F2N4O3. The van der Waals surface area contributed by atoms with E-state index in [1.165, 1.54) is 12.1 Å². The highest BCUT2D eigenvalue weighted by molar-refractivity contribution is 5.94. The zero-order valence-electron chi connectivity index (χ0n) is 18.0. The number of alkyl halides is 2. The van der Waals surface area contributed by atoms with Gasteiger partial charge in [0, 0.05) is 49.8 Å². The topological polar surface area (TPSA) is 87.5 Å². The molecule has 1 fully saturated rings. The van der Waals surface area contributed by atoms with E-state index >= 15 is 0 Å². The van der Waals surface area contributed by atoms with Gasteiger partial charge < -0.3 is 15.3 Å². The lowest BCUT2D eigenvalue weighted by Gasteiger charge is -2.34. The van der Waals surface area contributed by atoms with Crippen LogP contribution in [0, 0.1) is 5.92 Å². The Balaban J connectivity index is 1.67. The quantitative estimate of drug-likeness (QED) is 0.731. The van der Waals surface area contributed by atoms with Gasteiger partial charge in [-0.2, -0.15) is 0 Å². The number of hydrogen-bond donors (Lipinski definition) is 2. The molecule has 170 valence electrons. The Labute approximate surface area is 184 Å². The summed E-state index contributed by atoms with van der Waals surface area (Å²) in [7, 11) is 0. The molecule has 0 amide bonds. The fraction of sp³-hybridized carbons (Fsp3) is 0.435. The summed E-state index contributed by atoms with van der Waals surface area (Å²) in [4.78, 5) is 30.9. The zero-order valence-corrected chi connectivity index (χ0v) is 18.0. The van der Waals surface area contributed by atoms with Crippen LogP contribution >= 0.6 is 0 Å². The predicted molar refractivity (Wildman–Crippen MR) is 119 cm³/mol. The Morgan fingerprint density at radius 1 is 1.28 bits per heavy atom. The lowest BCUT2D eigenvalue weighted by molar-refractivity contribution is -0.0221. The molecular weight excluding hydrogens is 418 g/mol. The van der Waals surface area contributed by atoms with E-state index < -0.39 is 11.9 Å². The molecule has 9 heteroatoms. The van der Waals surface area contributed by atoms with Crippen molar-refractivity contribution in [1.82, 2.24) is 9.55 Å². The molecule has 32 heavy (non-hydrogen) atoms. The summed E-state index contributed by atoms with van der Waals surface area (Å²) in [6, 6.07) is 7.71. The van der Waals surface area contributed by atoms with Crippen LogP contribution in [0.15, 0.2) is 41.2 Å². The first-order valence-corrected chi connectivity index (χ1v) is 10.7. The van der Waals surface area contributed by atoms with Crippen LogP contribution in [0.25, 0.3) is 5.57 Å². The van der Waals surface area contributed by atoms with Crippen LogP contribution in [0.5, 0.6) is 0 Å². The summed E-state index contributed by atoms with van der Waals surface area (Å²) in [5.74, 6) is -2.76. The van der Waals surface area contributed by atoms with Gasteiger partial charge in [0.05, 0.1) is 11.6 Å². The predicted octanol–water partition coefficient (Wildman–Crippen LogP) is 3.71. The summed E-state index contributed by atoms with van der Waals surface area (Å²) >= 11 is 0. The van der Waals surface area contributed by atoms with Crippen LogP contribution in [0.2, 0.25) is 0 Å². The van der Waals surface area contributed by atoms with Crippen LogP contribution < -0.4 is 15.8 Å². The average molecular weight is 444 g/mol. The molecule has 1 saturated heterocycles. The molecule has 4 rings (SSSR count). The van der Waals surface area contributed by atoms with Crippen molar-refractivity contribution in [2.24, 2.45) is 5.92 Å². The van der Waals surface area contributed by atoms with Crippen LogP contribution in [0.4, 0.5) is 20.3 Å². The maximum atomic E-state index is 13.6. The third-order valence-electron chi connectivity index (χ3n) is 6.00. The standard InChI is InChI=1S/C23H26F2N4O3/c1-14-11-17(15(2)26-18-6-4-3-5-16(18)22(31)32)21-27-19(12-20(30)29(21)13-14)28-9-7-23(24,25)8-10-28/h3-6,11-12,14-15,26H,7-10,13H2,1-2H3,(H,31,32)/t14?,15-/m1/s1. The summed E-state index contributed by atoms with van der Waals surface area (Å²) in [6.07, 6.45) is 1.49. The number of nitrogens with zero attached hydrogens (tertiary/aromatic N) is 3. The van der Waals surface area contributed by atoms with Crippen molar-refractivity contribution < 1.29 is 18.7 Å². The average Bonchev–Trinajstić information content (AvgIpc) is 2.74. The second-order valence-corrected chi connectivity index (χ2v) is 8.55. The number of carboxylic acid groups (broad SMARTS) is 1. The van der Waals surface area contributed by atoms with Crippen molar-refractivity contribution in [2.45, 2.75) is 45.2 Å². The number of aromatic carboxylic acids is 1. The van der Waals surface area contributed by atoms with Gasteiger partial charge in [0.25, 0.3) is 11.5 Å². The molecule has 7 nitrogen and oxygen atoms in total. The number of carbonyl (C=O) groups is 1. The van der Waals surface area contributed by atoms with Crippen molar-refractivity contribution in [1.29, 1.82) is 0 Å². The van der Waals surface area contributed by atoms with Crippen molar-refractivity contribution in [3.05, 3.63) is 58.1 Å². The highest BCUT2D eigenvalue weighted by Gasteiger charge is 2.35. The second-order valence-electron chi connectivity index (χ2n) is 8.55. The minimum Gasteiger partial charge on any atom is -0.478 e. The molecule has 0 bridgehead atoms. The Morgan fingerprint density at radius 2 is 1.97 bits per heavy atom. The monoisotopic (exact) mass is 444 g/mol. The molecule has 1 unspecified atom stereocenters. The number of halogens is 2. The van der Waals surface area contributed by atoms with Gasteiger partial charge in [-0.15, -0.1) is 0 Å². The number of para-hydroxylation sites is 1.